The predicted molar refractivity (Wildman–Crippen MR) is 80.8 cm³/mol. The number of rotatable bonds is 7. The number of nitrogens with one attached hydrogen (secondary N) is 2. The second kappa shape index (κ2) is 7.07. The van der Waals surface area contributed by atoms with Gasteiger partial charge in [0.25, 0.3) is 0 Å². The number of H-pyrrole nitrogens is 1. The van der Waals surface area contributed by atoms with Gasteiger partial charge < -0.3 is 15.0 Å². The van der Waals surface area contributed by atoms with Crippen molar-refractivity contribution in [2.45, 2.75) is 6.54 Å². The number of ether oxygens (including phenoxy) is 1. The first-order valence-corrected chi connectivity index (χ1v) is 6.75. The van der Waals surface area contributed by atoms with Crippen molar-refractivity contribution in [3.8, 4) is 17.0 Å². The molecule has 0 amide bonds. The first-order chi connectivity index (χ1) is 9.74. The number of nitrogens with zero attached hydrogens (tertiary/aromatic N) is 2. The maximum Gasteiger partial charge on any atom is 0.118 e. The molecule has 20 heavy (non-hydrogen) atoms. The molecule has 0 aliphatic rings. The van der Waals surface area contributed by atoms with Crippen LogP contribution >= 0.6 is 0 Å². The molecule has 2 aromatic rings. The van der Waals surface area contributed by atoms with Crippen molar-refractivity contribution in [3.05, 3.63) is 36.0 Å². The van der Waals surface area contributed by atoms with Crippen LogP contribution in [0.5, 0.6) is 5.75 Å². The van der Waals surface area contributed by atoms with Crippen LogP contribution in [0, 0.1) is 0 Å². The molecule has 0 saturated carbocycles. The lowest BCUT2D eigenvalue weighted by molar-refractivity contribution is 0.328. The normalized spacial score (nSPS) is 11.0. The summed E-state index contributed by atoms with van der Waals surface area (Å²) in [5, 5.41) is 10.5. The lowest BCUT2D eigenvalue weighted by Gasteiger charge is -2.16. The van der Waals surface area contributed by atoms with Crippen LogP contribution in [0.4, 0.5) is 0 Å². The maximum absolute atomic E-state index is 5.18. The third-order valence-electron chi connectivity index (χ3n) is 3.27. The highest BCUT2D eigenvalue weighted by Crippen LogP contribution is 2.24. The van der Waals surface area contributed by atoms with E-state index >= 15 is 0 Å². The summed E-state index contributed by atoms with van der Waals surface area (Å²) in [6.07, 6.45) is 1.97. The number of hydrogen-bond acceptors (Lipinski definition) is 4. The zero-order valence-electron chi connectivity index (χ0n) is 12.3. The van der Waals surface area contributed by atoms with Crippen LogP contribution in [0.3, 0.4) is 0 Å². The smallest absolute Gasteiger partial charge is 0.118 e. The van der Waals surface area contributed by atoms with Crippen LogP contribution in [0.15, 0.2) is 30.5 Å². The Morgan fingerprint density at radius 3 is 2.70 bits per heavy atom. The van der Waals surface area contributed by atoms with Crippen molar-refractivity contribution < 1.29 is 4.74 Å². The average molecular weight is 274 g/mol. The van der Waals surface area contributed by atoms with Gasteiger partial charge in [-0.3, -0.25) is 5.10 Å². The van der Waals surface area contributed by atoms with E-state index in [9.17, 15) is 0 Å². The molecule has 0 saturated heterocycles. The van der Waals surface area contributed by atoms with Crippen LogP contribution in [-0.2, 0) is 6.54 Å². The number of methoxy groups -OCH3 is 1. The first kappa shape index (κ1) is 14.6. The summed E-state index contributed by atoms with van der Waals surface area (Å²) in [7, 11) is 5.75. The molecule has 5 heteroatoms. The fraction of sp³-hybridized carbons (Fsp3) is 0.400. The Morgan fingerprint density at radius 2 is 2.05 bits per heavy atom. The highest BCUT2D eigenvalue weighted by molar-refractivity contribution is 5.63. The highest BCUT2D eigenvalue weighted by Gasteiger charge is 2.10. The Balaban J connectivity index is 2.11. The summed E-state index contributed by atoms with van der Waals surface area (Å²) in [6, 6.07) is 7.98. The molecule has 0 radical (unpaired) electrons. The topological polar surface area (TPSA) is 53.2 Å². The molecule has 0 bridgehead atoms. The van der Waals surface area contributed by atoms with Crippen LogP contribution in [-0.4, -0.2) is 49.4 Å². The number of hydrogen-bond donors (Lipinski definition) is 2. The SMILES string of the molecule is CNCCN(C)Cc1c[nH]nc1-c1ccc(OC)cc1. The van der Waals surface area contributed by atoms with Gasteiger partial charge in [0.05, 0.1) is 12.8 Å². The van der Waals surface area contributed by atoms with E-state index in [0.29, 0.717) is 0 Å². The van der Waals surface area contributed by atoms with Gasteiger partial charge in [0, 0.05) is 37.0 Å². The summed E-state index contributed by atoms with van der Waals surface area (Å²) in [5.74, 6) is 0.858. The van der Waals surface area contributed by atoms with Crippen LogP contribution in [0.2, 0.25) is 0 Å². The van der Waals surface area contributed by atoms with Gasteiger partial charge in [-0.15, -0.1) is 0 Å². The van der Waals surface area contributed by atoms with Crippen LogP contribution in [0.1, 0.15) is 5.56 Å². The van der Waals surface area contributed by atoms with Gasteiger partial charge in [-0.2, -0.15) is 5.10 Å². The Kier molecular flexibility index (Phi) is 5.15. The van der Waals surface area contributed by atoms with Crippen LogP contribution < -0.4 is 10.1 Å². The number of likely N-dealkylation sites (N-methyl/N-ethyl adjacent to an activating group) is 2. The minimum atomic E-state index is 0.858. The number of benzene rings is 1. The van der Waals surface area contributed by atoms with E-state index in [1.807, 2.05) is 37.5 Å². The summed E-state index contributed by atoms with van der Waals surface area (Å²) < 4.78 is 5.18. The van der Waals surface area contributed by atoms with E-state index in [1.54, 1.807) is 7.11 Å². The van der Waals surface area contributed by atoms with Gasteiger partial charge in [0.2, 0.25) is 0 Å². The van der Waals surface area contributed by atoms with Crippen molar-refractivity contribution in [2.24, 2.45) is 0 Å². The lowest BCUT2D eigenvalue weighted by Crippen LogP contribution is -2.26. The van der Waals surface area contributed by atoms with E-state index in [2.05, 4.69) is 27.5 Å². The van der Waals surface area contributed by atoms with Crippen molar-refractivity contribution in [2.75, 3.05) is 34.3 Å². The number of aromatic nitrogens is 2. The second-order valence-corrected chi connectivity index (χ2v) is 4.83. The summed E-state index contributed by atoms with van der Waals surface area (Å²) in [4.78, 5) is 2.27. The first-order valence-electron chi connectivity index (χ1n) is 6.75. The highest BCUT2D eigenvalue weighted by atomic mass is 16.5. The van der Waals surface area contributed by atoms with Gasteiger partial charge in [0.1, 0.15) is 5.75 Å². The molecule has 0 spiro atoms. The quantitative estimate of drug-likeness (QED) is 0.807. The van der Waals surface area contributed by atoms with Gasteiger partial charge in [-0.05, 0) is 38.4 Å². The minimum absolute atomic E-state index is 0.858. The molecule has 108 valence electrons. The fourth-order valence-electron chi connectivity index (χ4n) is 2.11. The third kappa shape index (κ3) is 3.59. The van der Waals surface area contributed by atoms with E-state index in [-0.39, 0.29) is 0 Å². The van der Waals surface area contributed by atoms with Crippen LogP contribution in [0.25, 0.3) is 11.3 Å². The largest absolute Gasteiger partial charge is 0.497 e. The van der Waals surface area contributed by atoms with E-state index < -0.39 is 0 Å². The standard InChI is InChI=1S/C15H22N4O/c1-16-8-9-19(2)11-13-10-17-18-15(13)12-4-6-14(20-3)7-5-12/h4-7,10,16H,8-9,11H2,1-3H3,(H,17,18). The van der Waals surface area contributed by atoms with E-state index in [4.69, 9.17) is 4.74 Å². The summed E-state index contributed by atoms with van der Waals surface area (Å²) in [5.41, 5.74) is 3.31. The molecule has 1 aromatic carbocycles. The molecule has 2 N–H and O–H groups in total. The Bertz CT molecular complexity index is 521. The number of aromatic amines is 1. The molecule has 1 heterocycles. The second-order valence-electron chi connectivity index (χ2n) is 4.83. The van der Waals surface area contributed by atoms with Gasteiger partial charge >= 0.3 is 0 Å². The van der Waals surface area contributed by atoms with E-state index in [1.165, 1.54) is 5.56 Å². The van der Waals surface area contributed by atoms with Gasteiger partial charge in [-0.25, -0.2) is 0 Å². The van der Waals surface area contributed by atoms with Crippen molar-refractivity contribution in [1.29, 1.82) is 0 Å². The monoisotopic (exact) mass is 274 g/mol. The zero-order chi connectivity index (χ0) is 14.4. The Labute approximate surface area is 119 Å². The predicted octanol–water partition coefficient (Wildman–Crippen LogP) is 1.74. The molecule has 0 aliphatic heterocycles. The molecule has 1 aromatic heterocycles. The molecule has 0 aliphatic carbocycles. The minimum Gasteiger partial charge on any atom is -0.497 e. The zero-order valence-corrected chi connectivity index (χ0v) is 12.3. The third-order valence-corrected chi connectivity index (χ3v) is 3.27. The Hall–Kier alpha value is -1.85. The lowest BCUT2D eigenvalue weighted by atomic mass is 10.1. The molecule has 5 nitrogen and oxygen atoms in total. The molecule has 0 atom stereocenters. The van der Waals surface area contributed by atoms with Gasteiger partial charge in [0.15, 0.2) is 0 Å². The molecule has 0 unspecified atom stereocenters. The fourth-order valence-corrected chi connectivity index (χ4v) is 2.11. The van der Waals surface area contributed by atoms with E-state index in [0.717, 1.165) is 36.6 Å². The Morgan fingerprint density at radius 1 is 1.30 bits per heavy atom. The van der Waals surface area contributed by atoms with Crippen molar-refractivity contribution in [3.63, 3.8) is 0 Å². The average Bonchev–Trinajstić information content (AvgIpc) is 2.93. The summed E-state index contributed by atoms with van der Waals surface area (Å²) in [6.45, 7) is 2.86. The molecular weight excluding hydrogens is 252 g/mol. The molecule has 0 fully saturated rings. The van der Waals surface area contributed by atoms with Gasteiger partial charge in [-0.1, -0.05) is 0 Å². The maximum atomic E-state index is 5.18. The van der Waals surface area contributed by atoms with Crippen molar-refractivity contribution >= 4 is 0 Å². The summed E-state index contributed by atoms with van der Waals surface area (Å²) >= 11 is 0. The molecule has 2 rings (SSSR count). The van der Waals surface area contributed by atoms with Crippen molar-refractivity contribution in [1.82, 2.24) is 20.4 Å². The molecular formula is C15H22N4O.